The van der Waals surface area contributed by atoms with E-state index in [-0.39, 0.29) is 27.9 Å². The summed E-state index contributed by atoms with van der Waals surface area (Å²) >= 11 is 7.07. The van der Waals surface area contributed by atoms with E-state index in [1.807, 2.05) is 0 Å². The number of carbonyl (C=O) groups is 1. The van der Waals surface area contributed by atoms with E-state index in [1.54, 1.807) is 18.2 Å². The normalized spacial score (nSPS) is 11.3. The van der Waals surface area contributed by atoms with E-state index in [4.69, 9.17) is 21.5 Å². The van der Waals surface area contributed by atoms with Crippen LogP contribution in [0.25, 0.3) is 0 Å². The highest BCUT2D eigenvalue weighted by Crippen LogP contribution is 2.22. The Morgan fingerprint density at radius 1 is 1.25 bits per heavy atom. The molecule has 24 heavy (non-hydrogen) atoms. The van der Waals surface area contributed by atoms with Crippen molar-refractivity contribution in [2.24, 2.45) is 5.14 Å². The van der Waals surface area contributed by atoms with Crippen molar-refractivity contribution in [3.63, 3.8) is 0 Å². The zero-order chi connectivity index (χ0) is 17.7. The number of carbonyl (C=O) groups excluding carboxylic acids is 1. The van der Waals surface area contributed by atoms with Gasteiger partial charge in [0.2, 0.25) is 10.0 Å². The molecule has 0 bridgehead atoms. The molecule has 2 aromatic carbocycles. The number of hydrogen-bond donors (Lipinski definition) is 1. The number of hydrogen-bond acceptors (Lipinski definition) is 5. The average Bonchev–Trinajstić information content (AvgIpc) is 2.52. The number of nitrogens with two attached hydrogens (primary N) is 1. The molecule has 0 saturated heterocycles. The third-order valence-electron chi connectivity index (χ3n) is 2.90. The molecular weight excluding hydrogens is 377 g/mol. The van der Waals surface area contributed by atoms with Crippen LogP contribution in [0.3, 0.4) is 0 Å². The lowest BCUT2D eigenvalue weighted by molar-refractivity contribution is 0.0530. The number of rotatable bonds is 6. The largest absolute Gasteiger partial charge is 0.461 e. The van der Waals surface area contributed by atoms with Crippen LogP contribution in [-0.4, -0.2) is 26.7 Å². The summed E-state index contributed by atoms with van der Waals surface area (Å²) in [4.78, 5) is 12.2. The molecule has 0 heterocycles. The Morgan fingerprint density at radius 2 is 1.96 bits per heavy atom. The maximum Gasteiger partial charge on any atom is 0.339 e. The molecule has 0 aliphatic carbocycles. The lowest BCUT2D eigenvalue weighted by atomic mass is 10.2. The second-order valence-corrected chi connectivity index (χ2v) is 7.71. The smallest absolute Gasteiger partial charge is 0.339 e. The standard InChI is InChI=1S/C15H13ClFNO4S2/c16-12-6-5-10(24(18,20)21)9-11(12)15(19)22-7-8-23-14-4-2-1-3-13(14)17/h1-6,9H,7-8H2,(H2,18,20,21). The summed E-state index contributed by atoms with van der Waals surface area (Å²) in [6, 6.07) is 9.76. The summed E-state index contributed by atoms with van der Waals surface area (Å²) in [6.45, 7) is 0.00770. The molecule has 0 radical (unpaired) electrons. The van der Waals surface area contributed by atoms with Gasteiger partial charge in [0.1, 0.15) is 12.4 Å². The molecule has 5 nitrogen and oxygen atoms in total. The predicted molar refractivity (Wildman–Crippen MR) is 90.2 cm³/mol. The topological polar surface area (TPSA) is 86.5 Å². The first kappa shape index (κ1) is 18.7. The van der Waals surface area contributed by atoms with Crippen molar-refractivity contribution in [3.8, 4) is 0 Å². The van der Waals surface area contributed by atoms with Gasteiger partial charge < -0.3 is 4.74 Å². The fourth-order valence-corrected chi connectivity index (χ4v) is 3.27. The number of ether oxygens (including phenoxy) is 1. The SMILES string of the molecule is NS(=O)(=O)c1ccc(Cl)c(C(=O)OCCSc2ccccc2F)c1. The summed E-state index contributed by atoms with van der Waals surface area (Å²) in [5.74, 6) is -0.795. The van der Waals surface area contributed by atoms with Crippen LogP contribution in [0.15, 0.2) is 52.3 Å². The van der Waals surface area contributed by atoms with E-state index in [1.165, 1.54) is 30.0 Å². The minimum atomic E-state index is -3.95. The van der Waals surface area contributed by atoms with Crippen molar-refractivity contribution in [1.82, 2.24) is 0 Å². The second kappa shape index (κ2) is 7.98. The number of primary sulfonamides is 1. The van der Waals surface area contributed by atoms with Crippen molar-refractivity contribution >= 4 is 39.4 Å². The Labute approximate surface area is 148 Å². The van der Waals surface area contributed by atoms with Gasteiger partial charge in [0.05, 0.1) is 15.5 Å². The molecule has 0 spiro atoms. The molecule has 9 heteroatoms. The van der Waals surface area contributed by atoms with E-state index >= 15 is 0 Å². The Hall–Kier alpha value is -1.61. The van der Waals surface area contributed by atoms with Gasteiger partial charge in [-0.15, -0.1) is 11.8 Å². The molecule has 128 valence electrons. The first-order chi connectivity index (χ1) is 11.3. The molecule has 0 aromatic heterocycles. The second-order valence-electron chi connectivity index (χ2n) is 4.60. The number of thioether (sulfide) groups is 1. The van der Waals surface area contributed by atoms with Crippen molar-refractivity contribution in [3.05, 3.63) is 58.9 Å². The van der Waals surface area contributed by atoms with Gasteiger partial charge in [-0.25, -0.2) is 22.7 Å². The predicted octanol–water partition coefficient (Wildman–Crippen LogP) is 3.08. The van der Waals surface area contributed by atoms with E-state index in [9.17, 15) is 17.6 Å². The Bertz CT molecular complexity index is 858. The number of benzene rings is 2. The van der Waals surface area contributed by atoms with Crippen LogP contribution in [0.1, 0.15) is 10.4 Å². The maximum absolute atomic E-state index is 13.4. The van der Waals surface area contributed by atoms with Gasteiger partial charge in [-0.1, -0.05) is 23.7 Å². The lowest BCUT2D eigenvalue weighted by Gasteiger charge is -2.08. The zero-order valence-corrected chi connectivity index (χ0v) is 14.6. The van der Waals surface area contributed by atoms with Gasteiger partial charge in [-0.05, 0) is 30.3 Å². The highest BCUT2D eigenvalue weighted by Gasteiger charge is 2.17. The van der Waals surface area contributed by atoms with Crippen LogP contribution in [0.2, 0.25) is 5.02 Å². The minimum absolute atomic E-state index is 0.00770. The fraction of sp³-hybridized carbons (Fsp3) is 0.133. The summed E-state index contributed by atoms with van der Waals surface area (Å²) < 4.78 is 41.1. The number of halogens is 2. The summed E-state index contributed by atoms with van der Waals surface area (Å²) in [7, 11) is -3.95. The molecule has 0 aliphatic rings. The minimum Gasteiger partial charge on any atom is -0.461 e. The van der Waals surface area contributed by atoms with Crippen molar-refractivity contribution in [1.29, 1.82) is 0 Å². The van der Waals surface area contributed by atoms with Crippen molar-refractivity contribution < 1.29 is 22.3 Å². The van der Waals surface area contributed by atoms with E-state index in [0.717, 1.165) is 6.07 Å². The molecule has 2 rings (SSSR count). The first-order valence-corrected chi connectivity index (χ1v) is 9.57. The van der Waals surface area contributed by atoms with Gasteiger partial charge in [-0.2, -0.15) is 0 Å². The highest BCUT2D eigenvalue weighted by molar-refractivity contribution is 7.99. The van der Waals surface area contributed by atoms with Crippen LogP contribution in [-0.2, 0) is 14.8 Å². The summed E-state index contributed by atoms with van der Waals surface area (Å²) in [5.41, 5.74) is -0.0981. The number of sulfonamides is 1. The molecule has 2 aromatic rings. The third kappa shape index (κ3) is 4.94. The maximum atomic E-state index is 13.4. The average molecular weight is 390 g/mol. The van der Waals surface area contributed by atoms with Crippen LogP contribution < -0.4 is 5.14 Å². The van der Waals surface area contributed by atoms with Gasteiger partial charge in [0.15, 0.2) is 0 Å². The molecule has 0 unspecified atom stereocenters. The van der Waals surface area contributed by atoms with E-state index in [0.29, 0.717) is 10.6 Å². The molecule has 0 atom stereocenters. The monoisotopic (exact) mass is 389 g/mol. The molecule has 0 fully saturated rings. The zero-order valence-electron chi connectivity index (χ0n) is 12.2. The first-order valence-electron chi connectivity index (χ1n) is 6.66. The molecular formula is C15H13ClFNO4S2. The van der Waals surface area contributed by atoms with Crippen LogP contribution >= 0.6 is 23.4 Å². The quantitative estimate of drug-likeness (QED) is 0.466. The molecule has 2 N–H and O–H groups in total. The Balaban J connectivity index is 1.97. The molecule has 0 saturated carbocycles. The lowest BCUT2D eigenvalue weighted by Crippen LogP contribution is -2.14. The van der Waals surface area contributed by atoms with Gasteiger partial charge in [0.25, 0.3) is 0 Å². The molecule has 0 amide bonds. The van der Waals surface area contributed by atoms with Crippen molar-refractivity contribution in [2.75, 3.05) is 12.4 Å². The Kier molecular flexibility index (Phi) is 6.22. The van der Waals surface area contributed by atoms with Gasteiger partial charge >= 0.3 is 5.97 Å². The molecule has 0 aliphatic heterocycles. The van der Waals surface area contributed by atoms with Crippen LogP contribution in [0, 0.1) is 5.82 Å². The van der Waals surface area contributed by atoms with Crippen molar-refractivity contribution in [2.45, 2.75) is 9.79 Å². The van der Waals surface area contributed by atoms with Gasteiger partial charge in [0, 0.05) is 10.6 Å². The number of esters is 1. The highest BCUT2D eigenvalue weighted by atomic mass is 35.5. The van der Waals surface area contributed by atoms with Gasteiger partial charge in [-0.3, -0.25) is 0 Å². The van der Waals surface area contributed by atoms with Crippen LogP contribution in [0.5, 0.6) is 0 Å². The summed E-state index contributed by atoms with van der Waals surface area (Å²) in [6.07, 6.45) is 0. The van der Waals surface area contributed by atoms with E-state index in [2.05, 4.69) is 0 Å². The summed E-state index contributed by atoms with van der Waals surface area (Å²) in [5, 5.41) is 5.06. The Morgan fingerprint density at radius 3 is 2.62 bits per heavy atom. The van der Waals surface area contributed by atoms with E-state index < -0.39 is 16.0 Å². The van der Waals surface area contributed by atoms with Crippen LogP contribution in [0.4, 0.5) is 4.39 Å². The third-order valence-corrected chi connectivity index (χ3v) is 5.15. The fourth-order valence-electron chi connectivity index (χ4n) is 1.76.